The van der Waals surface area contributed by atoms with Crippen LogP contribution in [0.4, 0.5) is 0 Å². The highest BCUT2D eigenvalue weighted by Gasteiger charge is 2.35. The van der Waals surface area contributed by atoms with Gasteiger partial charge in [-0.05, 0) is 71.0 Å². The van der Waals surface area contributed by atoms with Crippen molar-refractivity contribution in [3.8, 4) is 11.5 Å². The highest BCUT2D eigenvalue weighted by atomic mass is 32.1. The van der Waals surface area contributed by atoms with Crippen molar-refractivity contribution in [3.63, 3.8) is 0 Å². The molecule has 0 bridgehead atoms. The van der Waals surface area contributed by atoms with Gasteiger partial charge in [0.1, 0.15) is 0 Å². The number of pyridine rings is 1. The van der Waals surface area contributed by atoms with Gasteiger partial charge in [-0.15, -0.1) is 21.5 Å². The van der Waals surface area contributed by atoms with E-state index in [1.807, 2.05) is 54.6 Å². The molecule has 0 aliphatic heterocycles. The molecule has 1 unspecified atom stereocenters. The second kappa shape index (κ2) is 10.2. The van der Waals surface area contributed by atoms with Crippen molar-refractivity contribution in [3.05, 3.63) is 99.7 Å². The molecule has 5 aromatic rings. The number of hydrogen-bond acceptors (Lipinski definition) is 7. The monoisotopic (exact) mass is 535 g/mol. The first kappa shape index (κ1) is 25.2. The second-order valence-electron chi connectivity index (χ2n) is 10.9. The van der Waals surface area contributed by atoms with E-state index < -0.39 is 5.97 Å². The molecule has 0 N–H and O–H groups in total. The molecule has 0 saturated heterocycles. The second-order valence-corrected chi connectivity index (χ2v) is 11.9. The minimum atomic E-state index is -0.408. The van der Waals surface area contributed by atoms with Crippen molar-refractivity contribution in [2.75, 3.05) is 0 Å². The molecule has 0 spiro atoms. The van der Waals surface area contributed by atoms with Gasteiger partial charge in [-0.2, -0.15) is 0 Å². The molecule has 2 aromatic carbocycles. The minimum absolute atomic E-state index is 0.0522. The van der Waals surface area contributed by atoms with Crippen molar-refractivity contribution in [2.45, 2.75) is 40.2 Å². The standard InChI is InChI=1S/C32H29N3O3S/c1-32(2,3)22-16-21(17-23-12-9-15-39-23)29-25(18-22)28(24-13-7-8-14-26(24)33-29)31(36)37-19-27-34-35-30(38-27)20-10-5-4-6-11-20/h4-15,17,22H,16,18-19H2,1-3H3/b21-17-. The Balaban J connectivity index is 1.39. The number of para-hydroxylation sites is 1. The third-order valence-corrected chi connectivity index (χ3v) is 8.14. The number of hydrogen-bond donors (Lipinski definition) is 0. The summed E-state index contributed by atoms with van der Waals surface area (Å²) in [4.78, 5) is 20.1. The summed E-state index contributed by atoms with van der Waals surface area (Å²) in [5.74, 6) is 0.578. The topological polar surface area (TPSA) is 78.1 Å². The largest absolute Gasteiger partial charge is 0.452 e. The lowest BCUT2D eigenvalue weighted by Crippen LogP contribution is -2.28. The Hall–Kier alpha value is -4.10. The number of thiophene rings is 1. The van der Waals surface area contributed by atoms with E-state index in [2.05, 4.69) is 54.6 Å². The van der Waals surface area contributed by atoms with Gasteiger partial charge in [0.25, 0.3) is 5.89 Å². The third-order valence-electron chi connectivity index (χ3n) is 7.32. The van der Waals surface area contributed by atoms with Crippen LogP contribution in [0.3, 0.4) is 0 Å². The van der Waals surface area contributed by atoms with E-state index in [1.165, 1.54) is 4.88 Å². The first-order valence-electron chi connectivity index (χ1n) is 13.1. The summed E-state index contributed by atoms with van der Waals surface area (Å²) in [5.41, 5.74) is 5.21. The Labute approximate surface area is 231 Å². The van der Waals surface area contributed by atoms with E-state index in [4.69, 9.17) is 14.1 Å². The number of carbonyl (C=O) groups is 1. The highest BCUT2D eigenvalue weighted by molar-refractivity contribution is 7.10. The molecular weight excluding hydrogens is 506 g/mol. The number of nitrogens with zero attached hydrogens (tertiary/aromatic N) is 3. The number of fused-ring (bicyclic) bond motifs is 2. The zero-order valence-electron chi connectivity index (χ0n) is 22.2. The molecule has 0 saturated carbocycles. The number of rotatable bonds is 5. The molecular formula is C32H29N3O3S. The van der Waals surface area contributed by atoms with Gasteiger partial charge in [0.2, 0.25) is 5.89 Å². The highest BCUT2D eigenvalue weighted by Crippen LogP contribution is 2.45. The summed E-state index contributed by atoms with van der Waals surface area (Å²) < 4.78 is 11.6. The summed E-state index contributed by atoms with van der Waals surface area (Å²) >= 11 is 1.70. The van der Waals surface area contributed by atoms with E-state index in [1.54, 1.807) is 11.3 Å². The molecule has 0 fully saturated rings. The Kier molecular flexibility index (Phi) is 6.61. The van der Waals surface area contributed by atoms with Gasteiger partial charge in [0, 0.05) is 15.8 Å². The number of esters is 1. The fraction of sp³-hybridized carbons (Fsp3) is 0.250. The number of carbonyl (C=O) groups excluding carboxylic acids is 1. The molecule has 6 rings (SSSR count). The van der Waals surface area contributed by atoms with Crippen LogP contribution in [0.1, 0.15) is 59.6 Å². The average molecular weight is 536 g/mol. The number of aromatic nitrogens is 3. The van der Waals surface area contributed by atoms with Gasteiger partial charge in [-0.3, -0.25) is 0 Å². The molecule has 3 aromatic heterocycles. The molecule has 0 amide bonds. The molecule has 1 aliphatic rings. The van der Waals surface area contributed by atoms with Gasteiger partial charge in [0.15, 0.2) is 6.61 Å². The summed E-state index contributed by atoms with van der Waals surface area (Å²) in [7, 11) is 0. The molecule has 39 heavy (non-hydrogen) atoms. The minimum Gasteiger partial charge on any atom is -0.452 e. The van der Waals surface area contributed by atoms with Crippen LogP contribution in [0.5, 0.6) is 0 Å². The van der Waals surface area contributed by atoms with Gasteiger partial charge in [-0.25, -0.2) is 9.78 Å². The van der Waals surface area contributed by atoms with E-state index in [9.17, 15) is 4.79 Å². The van der Waals surface area contributed by atoms with Crippen LogP contribution in [0, 0.1) is 11.3 Å². The average Bonchev–Trinajstić information content (AvgIpc) is 3.63. The van der Waals surface area contributed by atoms with E-state index >= 15 is 0 Å². The Morgan fingerprint density at radius 2 is 1.82 bits per heavy atom. The lowest BCUT2D eigenvalue weighted by Gasteiger charge is -2.36. The van der Waals surface area contributed by atoms with Crippen molar-refractivity contribution in [1.29, 1.82) is 0 Å². The van der Waals surface area contributed by atoms with Gasteiger partial charge in [-0.1, -0.05) is 63.2 Å². The van der Waals surface area contributed by atoms with Crippen molar-refractivity contribution < 1.29 is 13.9 Å². The number of ether oxygens (including phenoxy) is 1. The molecule has 1 aliphatic carbocycles. The lowest BCUT2D eigenvalue weighted by atomic mass is 9.69. The molecule has 1 atom stereocenters. The van der Waals surface area contributed by atoms with Gasteiger partial charge in [0.05, 0.1) is 16.8 Å². The smallest absolute Gasteiger partial charge is 0.339 e. The predicted molar refractivity (Wildman–Crippen MR) is 154 cm³/mol. The maximum absolute atomic E-state index is 13.8. The lowest BCUT2D eigenvalue weighted by molar-refractivity contribution is 0.0438. The molecule has 7 heteroatoms. The van der Waals surface area contributed by atoms with E-state index in [0.717, 1.165) is 46.1 Å². The zero-order chi connectivity index (χ0) is 27.0. The van der Waals surface area contributed by atoms with Crippen LogP contribution in [0.15, 0.2) is 76.5 Å². The first-order chi connectivity index (χ1) is 18.9. The van der Waals surface area contributed by atoms with Gasteiger partial charge >= 0.3 is 5.97 Å². The summed E-state index contributed by atoms with van der Waals surface area (Å²) in [5, 5.41) is 11.1. The van der Waals surface area contributed by atoms with Crippen molar-refractivity contribution in [1.82, 2.24) is 15.2 Å². The van der Waals surface area contributed by atoms with Gasteiger partial charge < -0.3 is 9.15 Å². The molecule has 0 radical (unpaired) electrons. The normalized spacial score (nSPS) is 16.4. The van der Waals surface area contributed by atoms with E-state index in [0.29, 0.717) is 17.4 Å². The van der Waals surface area contributed by atoms with Crippen LogP contribution in [-0.2, 0) is 17.8 Å². The predicted octanol–water partition coefficient (Wildman–Crippen LogP) is 7.85. The maximum Gasteiger partial charge on any atom is 0.339 e. The number of allylic oxidation sites excluding steroid dienone is 1. The quantitative estimate of drug-likeness (QED) is 0.213. The summed E-state index contributed by atoms with van der Waals surface area (Å²) in [6, 6.07) is 21.5. The first-order valence-corrected chi connectivity index (χ1v) is 14.0. The van der Waals surface area contributed by atoms with E-state index in [-0.39, 0.29) is 17.9 Å². The number of benzene rings is 2. The van der Waals surface area contributed by atoms with Crippen LogP contribution >= 0.6 is 11.3 Å². The van der Waals surface area contributed by atoms with Crippen LogP contribution in [-0.4, -0.2) is 21.2 Å². The zero-order valence-corrected chi connectivity index (χ0v) is 23.0. The molecule has 6 nitrogen and oxygen atoms in total. The molecule has 196 valence electrons. The fourth-order valence-corrected chi connectivity index (χ4v) is 5.80. The van der Waals surface area contributed by atoms with Crippen LogP contribution < -0.4 is 0 Å². The van der Waals surface area contributed by atoms with Crippen LogP contribution in [0.25, 0.3) is 34.0 Å². The summed E-state index contributed by atoms with van der Waals surface area (Å²) in [6.45, 7) is 6.68. The maximum atomic E-state index is 13.8. The van der Waals surface area contributed by atoms with Crippen LogP contribution in [0.2, 0.25) is 0 Å². The fourth-order valence-electron chi connectivity index (χ4n) is 5.12. The third kappa shape index (κ3) is 5.14. The Morgan fingerprint density at radius 3 is 2.59 bits per heavy atom. The Bertz CT molecular complexity index is 1660. The summed E-state index contributed by atoms with van der Waals surface area (Å²) in [6.07, 6.45) is 3.88. The van der Waals surface area contributed by atoms with Crippen molar-refractivity contribution >= 4 is 39.9 Å². The van der Waals surface area contributed by atoms with Crippen molar-refractivity contribution in [2.24, 2.45) is 11.3 Å². The Morgan fingerprint density at radius 1 is 1.03 bits per heavy atom. The SMILES string of the molecule is CC(C)(C)C1C/C(=C/c2cccs2)c2nc3ccccc3c(C(=O)OCc3nnc(-c4ccccc4)o3)c2C1. The molecule has 3 heterocycles.